The molecule has 0 bridgehead atoms. The molecule has 0 aromatic heterocycles. The average Bonchev–Trinajstić information content (AvgIpc) is 4.29. The summed E-state index contributed by atoms with van der Waals surface area (Å²) in [6, 6.07) is 52.4. The van der Waals surface area contributed by atoms with Gasteiger partial charge in [-0.25, -0.2) is 0 Å². The number of carbonyl (C=O) groups excluding carboxylic acids is 2. The Morgan fingerprint density at radius 1 is 0.466 bits per heavy atom. The normalized spacial score (nSPS) is 26.2. The minimum atomic E-state index is -0.477. The van der Waals surface area contributed by atoms with Crippen molar-refractivity contribution in [3.63, 3.8) is 0 Å². The molecule has 3 aliphatic carbocycles. The molecule has 10 heteroatoms. The Morgan fingerprint density at radius 3 is 1.19 bits per heavy atom. The van der Waals surface area contributed by atoms with Gasteiger partial charge in [-0.3, -0.25) is 19.4 Å². The monoisotopic (exact) mass is 1050 g/mol. The second-order valence-corrected chi connectivity index (χ2v) is 22.1. The molecule has 0 amide bonds. The third kappa shape index (κ3) is 14.0. The second kappa shape index (κ2) is 25.1. The van der Waals surface area contributed by atoms with Crippen LogP contribution >= 0.6 is 15.9 Å². The summed E-state index contributed by atoms with van der Waals surface area (Å²) in [7, 11) is 0. The Hall–Kier alpha value is -5.62. The SMILES string of the molecule is O=C(CBr)c1ccc(O)cc1.O=C(CN1C[C@H]2CC(c3ccccc3)C[C@H]2C1)c1ccc(O)cc1.Oc1ccc(C(O)CN2C[C@H]3CC(c4ccccc4)C[C@H]3C2)cc1.c1ccc(C2C[C@H]3CNC[C@H]3C2)cc1. The van der Waals surface area contributed by atoms with E-state index < -0.39 is 6.10 Å². The molecule has 73 heavy (non-hydrogen) atoms. The number of hydrogen-bond donors (Lipinski definition) is 5. The van der Waals surface area contributed by atoms with Crippen LogP contribution in [-0.2, 0) is 0 Å². The molecule has 3 heterocycles. The highest BCUT2D eigenvalue weighted by Gasteiger charge is 2.43. The Labute approximate surface area is 440 Å². The molecular weight excluding hydrogens is 975 g/mol. The largest absolute Gasteiger partial charge is 0.508 e. The molecule has 6 aromatic carbocycles. The number of alkyl halides is 1. The molecule has 3 aliphatic heterocycles. The zero-order valence-corrected chi connectivity index (χ0v) is 43.4. The number of fused-ring (bicyclic) bond motifs is 3. The van der Waals surface area contributed by atoms with Gasteiger partial charge in [0.15, 0.2) is 11.6 Å². The van der Waals surface area contributed by atoms with Crippen molar-refractivity contribution in [1.82, 2.24) is 15.1 Å². The topological polar surface area (TPSA) is 134 Å². The number of aromatic hydroxyl groups is 3. The molecule has 6 aromatic rings. The van der Waals surface area contributed by atoms with Crippen LogP contribution in [0.2, 0.25) is 0 Å². The van der Waals surface area contributed by atoms with Crippen molar-refractivity contribution in [3.05, 3.63) is 197 Å². The number of hydrogen-bond acceptors (Lipinski definition) is 9. The van der Waals surface area contributed by atoms with Gasteiger partial charge in [0.2, 0.25) is 0 Å². The molecule has 6 fully saturated rings. The van der Waals surface area contributed by atoms with Crippen LogP contribution in [0.15, 0.2) is 164 Å². The van der Waals surface area contributed by atoms with Crippen LogP contribution in [0.3, 0.4) is 0 Å². The van der Waals surface area contributed by atoms with Crippen molar-refractivity contribution >= 4 is 27.5 Å². The number of β-amino-alcohol motifs (C(OH)–C–C–N with tert-alkyl or cyclic N) is 1. The Morgan fingerprint density at radius 2 is 0.808 bits per heavy atom. The van der Waals surface area contributed by atoms with Gasteiger partial charge in [0, 0.05) is 43.9 Å². The van der Waals surface area contributed by atoms with Gasteiger partial charge in [-0.1, -0.05) is 119 Å². The summed E-state index contributed by atoms with van der Waals surface area (Å²) in [5, 5.41) is 41.8. The lowest BCUT2D eigenvalue weighted by Crippen LogP contribution is -2.29. The first-order valence-corrected chi connectivity index (χ1v) is 27.6. The van der Waals surface area contributed by atoms with Crippen molar-refractivity contribution < 1.29 is 30.0 Å². The molecule has 3 saturated carbocycles. The lowest BCUT2D eigenvalue weighted by Gasteiger charge is -2.22. The lowest BCUT2D eigenvalue weighted by atomic mass is 9.96. The fraction of sp³-hybridized carbons (Fsp3) is 0.397. The van der Waals surface area contributed by atoms with E-state index in [0.717, 1.165) is 73.2 Å². The Bertz CT molecular complexity index is 2620. The van der Waals surface area contributed by atoms with Gasteiger partial charge in [0.05, 0.1) is 18.0 Å². The maximum absolute atomic E-state index is 12.4. The van der Waals surface area contributed by atoms with E-state index in [1.54, 1.807) is 54.1 Å². The number of phenols is 3. The molecule has 0 radical (unpaired) electrons. The number of nitrogens with zero attached hydrogens (tertiary/aromatic N) is 2. The molecule has 0 spiro atoms. The molecule has 4 unspecified atom stereocenters. The van der Waals surface area contributed by atoms with Crippen molar-refractivity contribution in [2.75, 3.05) is 57.7 Å². The highest BCUT2D eigenvalue weighted by molar-refractivity contribution is 9.09. The Balaban J connectivity index is 0.000000126. The van der Waals surface area contributed by atoms with E-state index in [2.05, 4.69) is 122 Å². The van der Waals surface area contributed by atoms with Gasteiger partial charge < -0.3 is 25.7 Å². The number of Topliss-reactive ketones (excluding diaryl/α,β-unsaturated/α-hetero) is 2. The molecule has 382 valence electrons. The molecule has 5 N–H and O–H groups in total. The summed E-state index contributed by atoms with van der Waals surface area (Å²) in [5.41, 5.74) is 6.70. The summed E-state index contributed by atoms with van der Waals surface area (Å²) in [6.07, 6.45) is 7.39. The van der Waals surface area contributed by atoms with Gasteiger partial charge in [0.25, 0.3) is 0 Å². The predicted molar refractivity (Wildman–Crippen MR) is 294 cm³/mol. The number of nitrogens with one attached hydrogen (secondary N) is 1. The number of aliphatic hydroxyl groups is 1. The number of benzene rings is 6. The van der Waals surface area contributed by atoms with Crippen molar-refractivity contribution in [1.29, 1.82) is 0 Å². The smallest absolute Gasteiger partial charge is 0.176 e. The zero-order valence-electron chi connectivity index (χ0n) is 41.8. The number of aliphatic hydroxyl groups excluding tert-OH is 1. The van der Waals surface area contributed by atoms with Crippen LogP contribution < -0.4 is 5.32 Å². The van der Waals surface area contributed by atoms with E-state index in [1.807, 2.05) is 12.1 Å². The maximum Gasteiger partial charge on any atom is 0.176 e. The first-order chi connectivity index (χ1) is 35.5. The molecular formula is C63H72BrN3O6. The highest BCUT2D eigenvalue weighted by Crippen LogP contribution is 2.48. The van der Waals surface area contributed by atoms with Crippen molar-refractivity contribution in [3.8, 4) is 17.2 Å². The van der Waals surface area contributed by atoms with Gasteiger partial charge in [0.1, 0.15) is 17.2 Å². The number of likely N-dealkylation sites (tertiary alicyclic amines) is 2. The average molecular weight is 1050 g/mol. The number of ketones is 2. The van der Waals surface area contributed by atoms with Gasteiger partial charge in [-0.05, 0) is 188 Å². The quantitative estimate of drug-likeness (QED) is 0.0635. The van der Waals surface area contributed by atoms with Crippen LogP contribution in [0.25, 0.3) is 0 Å². The highest BCUT2D eigenvalue weighted by atomic mass is 79.9. The van der Waals surface area contributed by atoms with E-state index in [4.69, 9.17) is 5.11 Å². The predicted octanol–water partition coefficient (Wildman–Crippen LogP) is 11.6. The molecule has 6 aliphatic rings. The maximum atomic E-state index is 12.4. The molecule has 3 saturated heterocycles. The van der Waals surface area contributed by atoms with Crippen LogP contribution in [-0.4, -0.2) is 99.5 Å². The van der Waals surface area contributed by atoms with E-state index in [0.29, 0.717) is 41.4 Å². The van der Waals surface area contributed by atoms with E-state index in [9.17, 15) is 24.9 Å². The fourth-order valence-electron chi connectivity index (χ4n) is 12.9. The summed E-state index contributed by atoms with van der Waals surface area (Å²) in [5.74, 6) is 7.93. The van der Waals surface area contributed by atoms with Crippen LogP contribution in [0.5, 0.6) is 17.2 Å². The van der Waals surface area contributed by atoms with Gasteiger partial charge in [-0.2, -0.15) is 0 Å². The molecule has 12 rings (SSSR count). The Kier molecular flexibility index (Phi) is 17.9. The number of phenolic OH excluding ortho intramolecular Hbond substituents is 3. The summed E-state index contributed by atoms with van der Waals surface area (Å²) >= 11 is 3.06. The van der Waals surface area contributed by atoms with Gasteiger partial charge in [-0.15, -0.1) is 0 Å². The van der Waals surface area contributed by atoms with E-state index >= 15 is 0 Å². The third-order valence-corrected chi connectivity index (χ3v) is 17.2. The van der Waals surface area contributed by atoms with Crippen LogP contribution in [0.1, 0.15) is 105 Å². The second-order valence-electron chi connectivity index (χ2n) is 21.5. The lowest BCUT2D eigenvalue weighted by molar-refractivity contribution is 0.0939. The zero-order chi connectivity index (χ0) is 50.7. The van der Waals surface area contributed by atoms with E-state index in [-0.39, 0.29) is 28.8 Å². The van der Waals surface area contributed by atoms with Crippen molar-refractivity contribution in [2.45, 2.75) is 62.4 Å². The number of rotatable bonds is 11. The number of halogens is 1. The summed E-state index contributed by atoms with van der Waals surface area (Å²) in [6.45, 7) is 7.98. The molecule has 10 atom stereocenters. The summed E-state index contributed by atoms with van der Waals surface area (Å²) < 4.78 is 0. The van der Waals surface area contributed by atoms with Crippen LogP contribution in [0.4, 0.5) is 0 Å². The fourth-order valence-corrected chi connectivity index (χ4v) is 13.3. The first kappa shape index (κ1) is 52.3. The third-order valence-electron chi connectivity index (χ3n) is 16.7. The van der Waals surface area contributed by atoms with Crippen molar-refractivity contribution in [2.24, 2.45) is 35.5 Å². The van der Waals surface area contributed by atoms with Crippen LogP contribution in [0, 0.1) is 35.5 Å². The minimum absolute atomic E-state index is 0.0185. The minimum Gasteiger partial charge on any atom is -0.508 e. The molecule has 9 nitrogen and oxygen atoms in total. The van der Waals surface area contributed by atoms with E-state index in [1.165, 1.54) is 74.9 Å². The standard InChI is InChI=1S/C21H25NO2.C21H23NO2.C13H17N.C8H7BrO2/c2*23-20-8-6-16(7-9-20)21(24)14-22-12-18-10-17(11-19(18)13-22)15-4-2-1-3-5-15;1-2-4-10(5-3-1)11-6-12-8-14-9-13(12)7-11;9-5-8(11)6-1-3-7(10)4-2-6/h1-9,17-19,21,23-24H,10-14H2;1-9,17-19,23H,10-14H2;1-5,11-14H,6-9H2;1-4,10H,5H2/t17?,18-,19+,21?;17?,18-,19+;11?,12-,13+;. The first-order valence-electron chi connectivity index (χ1n) is 26.5. The summed E-state index contributed by atoms with van der Waals surface area (Å²) in [4.78, 5) is 28.1. The number of carbonyl (C=O) groups is 2. The van der Waals surface area contributed by atoms with Gasteiger partial charge >= 0.3 is 0 Å².